The van der Waals surface area contributed by atoms with Crippen molar-refractivity contribution in [2.45, 2.75) is 19.3 Å². The molecule has 0 aromatic heterocycles. The highest BCUT2D eigenvalue weighted by Gasteiger charge is 2.16. The molecule has 3 aromatic carbocycles. The van der Waals surface area contributed by atoms with Gasteiger partial charge in [0.25, 0.3) is 5.91 Å². The van der Waals surface area contributed by atoms with Crippen molar-refractivity contribution in [1.29, 1.82) is 0 Å². The number of hydrogen-bond donors (Lipinski definition) is 2. The van der Waals surface area contributed by atoms with E-state index in [4.69, 9.17) is 0 Å². The topological polar surface area (TPSA) is 58.2 Å². The molecule has 2 amide bonds. The third kappa shape index (κ3) is 3.90. The molecule has 0 saturated carbocycles. The number of anilines is 2. The fourth-order valence-corrected chi connectivity index (χ4v) is 3.37. The summed E-state index contributed by atoms with van der Waals surface area (Å²) < 4.78 is 0. The van der Waals surface area contributed by atoms with Crippen molar-refractivity contribution in [2.75, 3.05) is 10.6 Å². The zero-order valence-electron chi connectivity index (χ0n) is 14.9. The zero-order valence-corrected chi connectivity index (χ0v) is 14.9. The van der Waals surface area contributed by atoms with Crippen LogP contribution >= 0.6 is 0 Å². The summed E-state index contributed by atoms with van der Waals surface area (Å²) in [6, 6.07) is 23.4. The van der Waals surface area contributed by atoms with Crippen LogP contribution in [-0.2, 0) is 17.6 Å². The van der Waals surface area contributed by atoms with Crippen LogP contribution in [0.5, 0.6) is 0 Å². The summed E-state index contributed by atoms with van der Waals surface area (Å²) in [5, 5.41) is 5.85. The van der Waals surface area contributed by atoms with Crippen LogP contribution in [0.3, 0.4) is 0 Å². The van der Waals surface area contributed by atoms with Gasteiger partial charge in [-0.1, -0.05) is 48.5 Å². The third-order valence-corrected chi connectivity index (χ3v) is 4.76. The Balaban J connectivity index is 1.54. The molecule has 1 heterocycles. The standard InChI is InChI=1S/C23H20N2O2/c26-22-13-10-18-15-19(11-12-21(18)25-22)24-23(27)20-9-5-4-8-17(20)14-16-6-2-1-3-7-16/h1-9,11-12,15H,10,13-14H2,(H,24,27)(H,25,26). The predicted molar refractivity (Wildman–Crippen MR) is 107 cm³/mol. The Morgan fingerprint density at radius 1 is 0.926 bits per heavy atom. The third-order valence-electron chi connectivity index (χ3n) is 4.76. The van der Waals surface area contributed by atoms with Crippen molar-refractivity contribution in [3.05, 3.63) is 95.1 Å². The fraction of sp³-hybridized carbons (Fsp3) is 0.130. The first-order chi connectivity index (χ1) is 13.2. The first kappa shape index (κ1) is 17.0. The van der Waals surface area contributed by atoms with E-state index in [2.05, 4.69) is 22.8 Å². The van der Waals surface area contributed by atoms with Gasteiger partial charge in [0, 0.05) is 23.4 Å². The van der Waals surface area contributed by atoms with Crippen LogP contribution < -0.4 is 10.6 Å². The highest BCUT2D eigenvalue weighted by molar-refractivity contribution is 6.05. The molecular weight excluding hydrogens is 336 g/mol. The molecule has 27 heavy (non-hydrogen) atoms. The smallest absolute Gasteiger partial charge is 0.255 e. The van der Waals surface area contributed by atoms with Crippen molar-refractivity contribution in [2.24, 2.45) is 0 Å². The molecule has 0 saturated heterocycles. The first-order valence-electron chi connectivity index (χ1n) is 9.05. The lowest BCUT2D eigenvalue weighted by atomic mass is 9.99. The monoisotopic (exact) mass is 356 g/mol. The van der Waals surface area contributed by atoms with E-state index in [1.165, 1.54) is 5.56 Å². The van der Waals surface area contributed by atoms with Crippen molar-refractivity contribution >= 4 is 23.2 Å². The lowest BCUT2D eigenvalue weighted by molar-refractivity contribution is -0.116. The number of hydrogen-bond acceptors (Lipinski definition) is 2. The molecule has 1 aliphatic rings. The van der Waals surface area contributed by atoms with E-state index in [9.17, 15) is 9.59 Å². The fourth-order valence-electron chi connectivity index (χ4n) is 3.37. The lowest BCUT2D eigenvalue weighted by Gasteiger charge is -2.18. The summed E-state index contributed by atoms with van der Waals surface area (Å²) in [6.45, 7) is 0. The van der Waals surface area contributed by atoms with E-state index in [0.29, 0.717) is 24.8 Å². The van der Waals surface area contributed by atoms with Crippen molar-refractivity contribution in [3.8, 4) is 0 Å². The SMILES string of the molecule is O=C1CCc2cc(NC(=O)c3ccccc3Cc3ccccc3)ccc2N1. The Bertz CT molecular complexity index is 996. The molecule has 0 atom stereocenters. The second-order valence-corrected chi connectivity index (χ2v) is 6.69. The van der Waals surface area contributed by atoms with Gasteiger partial charge in [0.15, 0.2) is 0 Å². The van der Waals surface area contributed by atoms with Crippen LogP contribution in [0.1, 0.15) is 33.5 Å². The van der Waals surface area contributed by atoms with Gasteiger partial charge in [-0.15, -0.1) is 0 Å². The number of benzene rings is 3. The molecule has 4 rings (SSSR count). The number of carbonyl (C=O) groups is 2. The van der Waals surface area contributed by atoms with Gasteiger partial charge in [0.1, 0.15) is 0 Å². The Hall–Kier alpha value is -3.40. The Kier molecular flexibility index (Phi) is 4.71. The molecule has 134 valence electrons. The summed E-state index contributed by atoms with van der Waals surface area (Å²) >= 11 is 0. The van der Waals surface area contributed by atoms with Crippen LogP contribution in [0.15, 0.2) is 72.8 Å². The first-order valence-corrected chi connectivity index (χ1v) is 9.05. The molecule has 0 radical (unpaired) electrons. The predicted octanol–water partition coefficient (Wildman–Crippen LogP) is 4.41. The highest BCUT2D eigenvalue weighted by Crippen LogP contribution is 2.26. The van der Waals surface area contributed by atoms with E-state index >= 15 is 0 Å². The lowest BCUT2D eigenvalue weighted by Crippen LogP contribution is -2.19. The quantitative estimate of drug-likeness (QED) is 0.727. The number of fused-ring (bicyclic) bond motifs is 1. The molecular formula is C23H20N2O2. The van der Waals surface area contributed by atoms with Gasteiger partial charge in [-0.25, -0.2) is 0 Å². The van der Waals surface area contributed by atoms with Gasteiger partial charge >= 0.3 is 0 Å². The largest absolute Gasteiger partial charge is 0.326 e. The van der Waals surface area contributed by atoms with Gasteiger partial charge in [-0.05, 0) is 53.8 Å². The minimum absolute atomic E-state index is 0.0362. The summed E-state index contributed by atoms with van der Waals surface area (Å²) in [6.07, 6.45) is 1.88. The maximum atomic E-state index is 12.9. The van der Waals surface area contributed by atoms with Crippen LogP contribution in [0.2, 0.25) is 0 Å². The van der Waals surface area contributed by atoms with Gasteiger partial charge in [0.05, 0.1) is 0 Å². The average molecular weight is 356 g/mol. The molecule has 4 heteroatoms. The molecule has 0 aliphatic carbocycles. The summed E-state index contributed by atoms with van der Waals surface area (Å²) in [5.41, 5.74) is 5.45. The molecule has 0 spiro atoms. The number of carbonyl (C=O) groups excluding carboxylic acids is 2. The highest BCUT2D eigenvalue weighted by atomic mass is 16.2. The van der Waals surface area contributed by atoms with Gasteiger partial charge in [0.2, 0.25) is 5.91 Å². The van der Waals surface area contributed by atoms with Gasteiger partial charge in [-0.3, -0.25) is 9.59 Å². The molecule has 2 N–H and O–H groups in total. The molecule has 0 bridgehead atoms. The number of amides is 2. The second-order valence-electron chi connectivity index (χ2n) is 6.69. The van der Waals surface area contributed by atoms with E-state index in [1.807, 2.05) is 60.7 Å². The minimum Gasteiger partial charge on any atom is -0.326 e. The molecule has 0 unspecified atom stereocenters. The van der Waals surface area contributed by atoms with E-state index < -0.39 is 0 Å². The maximum absolute atomic E-state index is 12.9. The van der Waals surface area contributed by atoms with Crippen LogP contribution in [0.4, 0.5) is 11.4 Å². The minimum atomic E-state index is -0.124. The van der Waals surface area contributed by atoms with E-state index in [0.717, 1.165) is 22.5 Å². The van der Waals surface area contributed by atoms with E-state index in [-0.39, 0.29) is 11.8 Å². The maximum Gasteiger partial charge on any atom is 0.255 e. The van der Waals surface area contributed by atoms with Gasteiger partial charge < -0.3 is 10.6 Å². The Morgan fingerprint density at radius 2 is 1.70 bits per heavy atom. The van der Waals surface area contributed by atoms with E-state index in [1.54, 1.807) is 0 Å². The van der Waals surface area contributed by atoms with Crippen molar-refractivity contribution in [1.82, 2.24) is 0 Å². The molecule has 4 nitrogen and oxygen atoms in total. The number of aryl methyl sites for hydroxylation is 1. The van der Waals surface area contributed by atoms with Crippen molar-refractivity contribution in [3.63, 3.8) is 0 Å². The number of nitrogens with one attached hydrogen (secondary N) is 2. The van der Waals surface area contributed by atoms with Crippen molar-refractivity contribution < 1.29 is 9.59 Å². The second kappa shape index (κ2) is 7.46. The van der Waals surface area contributed by atoms with Crippen LogP contribution in [-0.4, -0.2) is 11.8 Å². The van der Waals surface area contributed by atoms with Crippen LogP contribution in [0.25, 0.3) is 0 Å². The van der Waals surface area contributed by atoms with Gasteiger partial charge in [-0.2, -0.15) is 0 Å². The summed E-state index contributed by atoms with van der Waals surface area (Å²) in [4.78, 5) is 24.3. The normalized spacial score (nSPS) is 12.8. The molecule has 1 aliphatic heterocycles. The molecule has 0 fully saturated rings. The van der Waals surface area contributed by atoms with Crippen LogP contribution in [0, 0.1) is 0 Å². The Labute approximate surface area is 158 Å². The average Bonchev–Trinajstić information content (AvgIpc) is 2.69. The summed E-state index contributed by atoms with van der Waals surface area (Å²) in [5.74, 6) is -0.0875. The zero-order chi connectivity index (χ0) is 18.6. The Morgan fingerprint density at radius 3 is 2.56 bits per heavy atom. The summed E-state index contributed by atoms with van der Waals surface area (Å²) in [7, 11) is 0. The molecule has 3 aromatic rings. The number of rotatable bonds is 4.